The van der Waals surface area contributed by atoms with Gasteiger partial charge in [0.1, 0.15) is 6.54 Å². The van der Waals surface area contributed by atoms with Gasteiger partial charge in [-0.05, 0) is 5.92 Å². The summed E-state index contributed by atoms with van der Waals surface area (Å²) in [7, 11) is 0. The SMILES string of the molecule is C[C@@H]1CN(CC(=O)NCC#N)C[C@H]1C(=O)O. The number of hydrogen-bond acceptors (Lipinski definition) is 4. The van der Waals surface area contributed by atoms with Crippen molar-refractivity contribution in [3.63, 3.8) is 0 Å². The van der Waals surface area contributed by atoms with Crippen LogP contribution in [0, 0.1) is 23.2 Å². The molecule has 0 saturated carbocycles. The first-order valence-electron chi connectivity index (χ1n) is 5.13. The standard InChI is InChI=1S/C10H15N3O3/c1-7-4-13(5-8(7)10(15)16)6-9(14)12-3-2-11/h7-8H,3-6H2,1H3,(H,12,14)(H,15,16)/t7-,8-/m1/s1. The van der Waals surface area contributed by atoms with Crippen LogP contribution >= 0.6 is 0 Å². The summed E-state index contributed by atoms with van der Waals surface area (Å²) in [6, 6.07) is 1.81. The molecular formula is C10H15N3O3. The van der Waals surface area contributed by atoms with Gasteiger partial charge in [-0.1, -0.05) is 6.92 Å². The van der Waals surface area contributed by atoms with Crippen molar-refractivity contribution in [2.75, 3.05) is 26.2 Å². The van der Waals surface area contributed by atoms with Crippen molar-refractivity contribution < 1.29 is 14.7 Å². The molecule has 0 radical (unpaired) electrons. The second-order valence-electron chi connectivity index (χ2n) is 4.05. The highest BCUT2D eigenvalue weighted by atomic mass is 16.4. The van der Waals surface area contributed by atoms with E-state index in [1.165, 1.54) is 0 Å². The molecule has 1 aliphatic rings. The zero-order valence-corrected chi connectivity index (χ0v) is 9.14. The van der Waals surface area contributed by atoms with Crippen LogP contribution in [-0.4, -0.2) is 48.1 Å². The van der Waals surface area contributed by atoms with Gasteiger partial charge in [0.05, 0.1) is 18.5 Å². The van der Waals surface area contributed by atoms with Crippen molar-refractivity contribution in [1.29, 1.82) is 5.26 Å². The molecule has 2 atom stereocenters. The Bertz CT molecular complexity index is 324. The molecule has 0 aliphatic carbocycles. The largest absolute Gasteiger partial charge is 0.481 e. The van der Waals surface area contributed by atoms with E-state index in [2.05, 4.69) is 5.32 Å². The third kappa shape index (κ3) is 3.21. The van der Waals surface area contributed by atoms with Crippen LogP contribution in [0.25, 0.3) is 0 Å². The van der Waals surface area contributed by atoms with E-state index in [1.807, 2.05) is 13.0 Å². The van der Waals surface area contributed by atoms with E-state index >= 15 is 0 Å². The van der Waals surface area contributed by atoms with Gasteiger partial charge in [-0.3, -0.25) is 14.5 Å². The van der Waals surface area contributed by atoms with Crippen LogP contribution < -0.4 is 5.32 Å². The Morgan fingerprint density at radius 3 is 2.75 bits per heavy atom. The molecule has 1 saturated heterocycles. The van der Waals surface area contributed by atoms with E-state index in [0.29, 0.717) is 13.1 Å². The van der Waals surface area contributed by atoms with Gasteiger partial charge in [-0.2, -0.15) is 5.26 Å². The molecule has 88 valence electrons. The third-order valence-electron chi connectivity index (χ3n) is 2.74. The van der Waals surface area contributed by atoms with Crippen molar-refractivity contribution >= 4 is 11.9 Å². The molecule has 0 aromatic rings. The second-order valence-corrected chi connectivity index (χ2v) is 4.05. The zero-order valence-electron chi connectivity index (χ0n) is 9.14. The Labute approximate surface area is 93.8 Å². The number of rotatable bonds is 4. The van der Waals surface area contributed by atoms with Gasteiger partial charge >= 0.3 is 5.97 Å². The molecule has 1 rings (SSSR count). The molecule has 2 N–H and O–H groups in total. The Kier molecular flexibility index (Phi) is 4.26. The van der Waals surface area contributed by atoms with Crippen LogP contribution in [0.3, 0.4) is 0 Å². The lowest BCUT2D eigenvalue weighted by molar-refractivity contribution is -0.142. The maximum absolute atomic E-state index is 11.3. The van der Waals surface area contributed by atoms with E-state index in [-0.39, 0.29) is 24.9 Å². The highest BCUT2D eigenvalue weighted by Gasteiger charge is 2.35. The number of carboxylic acid groups (broad SMARTS) is 1. The number of carboxylic acids is 1. The lowest BCUT2D eigenvalue weighted by Gasteiger charge is -2.13. The normalized spacial score (nSPS) is 25.0. The molecule has 1 aliphatic heterocycles. The summed E-state index contributed by atoms with van der Waals surface area (Å²) in [6.45, 7) is 3.03. The molecule has 0 aromatic carbocycles. The lowest BCUT2D eigenvalue weighted by atomic mass is 9.99. The quantitative estimate of drug-likeness (QED) is 0.616. The molecular weight excluding hydrogens is 210 g/mol. The van der Waals surface area contributed by atoms with Crippen LogP contribution in [0.4, 0.5) is 0 Å². The fourth-order valence-electron chi connectivity index (χ4n) is 1.91. The van der Waals surface area contributed by atoms with Crippen LogP contribution in [0.15, 0.2) is 0 Å². The predicted octanol–water partition coefficient (Wildman–Crippen LogP) is -0.721. The molecule has 1 fully saturated rings. The Balaban J connectivity index is 2.39. The number of carbonyl (C=O) groups excluding carboxylic acids is 1. The Morgan fingerprint density at radius 1 is 1.56 bits per heavy atom. The maximum Gasteiger partial charge on any atom is 0.308 e. The molecule has 0 unspecified atom stereocenters. The highest BCUT2D eigenvalue weighted by molar-refractivity contribution is 5.78. The summed E-state index contributed by atoms with van der Waals surface area (Å²) in [6.07, 6.45) is 0. The van der Waals surface area contributed by atoms with Gasteiger partial charge in [0, 0.05) is 13.1 Å². The van der Waals surface area contributed by atoms with Crippen LogP contribution in [0.5, 0.6) is 0 Å². The van der Waals surface area contributed by atoms with Crippen molar-refractivity contribution in [1.82, 2.24) is 10.2 Å². The van der Waals surface area contributed by atoms with E-state index in [9.17, 15) is 9.59 Å². The number of aliphatic carboxylic acids is 1. The fourth-order valence-corrected chi connectivity index (χ4v) is 1.91. The third-order valence-corrected chi connectivity index (χ3v) is 2.74. The van der Waals surface area contributed by atoms with Gasteiger partial charge in [0.2, 0.25) is 5.91 Å². The summed E-state index contributed by atoms with van der Waals surface area (Å²) in [4.78, 5) is 23.9. The summed E-state index contributed by atoms with van der Waals surface area (Å²) in [5, 5.41) is 19.6. The number of amides is 1. The van der Waals surface area contributed by atoms with Crippen molar-refractivity contribution in [2.45, 2.75) is 6.92 Å². The van der Waals surface area contributed by atoms with Crippen LogP contribution in [-0.2, 0) is 9.59 Å². The first kappa shape index (κ1) is 12.5. The molecule has 16 heavy (non-hydrogen) atoms. The van der Waals surface area contributed by atoms with Gasteiger partial charge in [0.25, 0.3) is 0 Å². The van der Waals surface area contributed by atoms with Crippen LogP contribution in [0.2, 0.25) is 0 Å². The second kappa shape index (κ2) is 5.47. The first-order valence-corrected chi connectivity index (χ1v) is 5.13. The van der Waals surface area contributed by atoms with Gasteiger partial charge in [-0.15, -0.1) is 0 Å². The minimum absolute atomic E-state index is 0.00934. The van der Waals surface area contributed by atoms with Crippen molar-refractivity contribution in [2.24, 2.45) is 11.8 Å². The average molecular weight is 225 g/mol. The number of nitrogens with zero attached hydrogens (tertiary/aromatic N) is 2. The number of likely N-dealkylation sites (tertiary alicyclic amines) is 1. The summed E-state index contributed by atoms with van der Waals surface area (Å²) >= 11 is 0. The van der Waals surface area contributed by atoms with Gasteiger partial charge in [0.15, 0.2) is 0 Å². The first-order chi connectivity index (χ1) is 7.54. The van der Waals surface area contributed by atoms with Gasteiger partial charge in [-0.25, -0.2) is 0 Å². The minimum atomic E-state index is -0.813. The topological polar surface area (TPSA) is 93.4 Å². The highest BCUT2D eigenvalue weighted by Crippen LogP contribution is 2.22. The van der Waals surface area contributed by atoms with E-state index in [4.69, 9.17) is 10.4 Å². The molecule has 0 spiro atoms. The molecule has 1 amide bonds. The number of nitrogens with one attached hydrogen (secondary N) is 1. The van der Waals surface area contributed by atoms with Crippen molar-refractivity contribution in [3.8, 4) is 6.07 Å². The summed E-state index contributed by atoms with van der Waals surface area (Å²) in [5.41, 5.74) is 0. The van der Waals surface area contributed by atoms with E-state index in [0.717, 1.165) is 0 Å². The van der Waals surface area contributed by atoms with Gasteiger partial charge < -0.3 is 10.4 Å². The molecule has 0 aromatic heterocycles. The minimum Gasteiger partial charge on any atom is -0.481 e. The van der Waals surface area contributed by atoms with E-state index in [1.54, 1.807) is 4.90 Å². The lowest BCUT2D eigenvalue weighted by Crippen LogP contribution is -2.36. The maximum atomic E-state index is 11.3. The Hall–Kier alpha value is -1.61. The summed E-state index contributed by atoms with van der Waals surface area (Å²) in [5.74, 6) is -1.39. The van der Waals surface area contributed by atoms with Crippen molar-refractivity contribution in [3.05, 3.63) is 0 Å². The monoisotopic (exact) mass is 225 g/mol. The molecule has 1 heterocycles. The zero-order chi connectivity index (χ0) is 12.1. The fraction of sp³-hybridized carbons (Fsp3) is 0.700. The number of nitriles is 1. The van der Waals surface area contributed by atoms with E-state index < -0.39 is 11.9 Å². The molecule has 6 heteroatoms. The predicted molar refractivity (Wildman–Crippen MR) is 55.4 cm³/mol. The molecule has 0 bridgehead atoms. The molecule has 6 nitrogen and oxygen atoms in total. The van der Waals surface area contributed by atoms with Crippen LogP contribution in [0.1, 0.15) is 6.92 Å². The number of carbonyl (C=O) groups is 2. The average Bonchev–Trinajstić information content (AvgIpc) is 2.56. The Morgan fingerprint density at radius 2 is 2.25 bits per heavy atom. The summed E-state index contributed by atoms with van der Waals surface area (Å²) < 4.78 is 0. The number of hydrogen-bond donors (Lipinski definition) is 2. The smallest absolute Gasteiger partial charge is 0.308 e.